The molecule has 94 valence electrons. The molecule has 18 heavy (non-hydrogen) atoms. The number of nitrogens with two attached hydrogens (primary N) is 1. The van der Waals surface area contributed by atoms with Crippen LogP contribution in [0.25, 0.3) is 0 Å². The summed E-state index contributed by atoms with van der Waals surface area (Å²) in [6, 6.07) is 5.79. The number of aromatic nitrogens is 2. The Morgan fingerprint density at radius 2 is 1.89 bits per heavy atom. The Labute approximate surface area is 102 Å². The zero-order valence-electron chi connectivity index (χ0n) is 9.52. The summed E-state index contributed by atoms with van der Waals surface area (Å²) >= 11 is 0. The summed E-state index contributed by atoms with van der Waals surface area (Å²) in [4.78, 5) is 25.1. The SMILES string of the molecule is NCc1cn(Cc2ccc(F)cc2)c(=O)[nH]c1=O. The van der Waals surface area contributed by atoms with Gasteiger partial charge in [-0.3, -0.25) is 14.3 Å². The zero-order valence-corrected chi connectivity index (χ0v) is 9.52. The molecule has 1 aromatic heterocycles. The van der Waals surface area contributed by atoms with Crippen molar-refractivity contribution in [3.63, 3.8) is 0 Å². The maximum Gasteiger partial charge on any atom is 0.328 e. The lowest BCUT2D eigenvalue weighted by molar-refractivity contribution is 0.625. The summed E-state index contributed by atoms with van der Waals surface area (Å²) in [5, 5.41) is 0. The third-order valence-corrected chi connectivity index (χ3v) is 2.57. The molecule has 1 aromatic carbocycles. The first-order valence-electron chi connectivity index (χ1n) is 5.37. The van der Waals surface area contributed by atoms with Gasteiger partial charge in [0.05, 0.1) is 6.54 Å². The number of benzene rings is 1. The molecule has 2 rings (SSSR count). The van der Waals surface area contributed by atoms with E-state index >= 15 is 0 Å². The number of nitrogens with zero attached hydrogens (tertiary/aromatic N) is 1. The highest BCUT2D eigenvalue weighted by molar-refractivity contribution is 5.17. The Kier molecular flexibility index (Phi) is 3.38. The van der Waals surface area contributed by atoms with Crippen LogP contribution < -0.4 is 17.0 Å². The van der Waals surface area contributed by atoms with E-state index in [9.17, 15) is 14.0 Å². The average molecular weight is 249 g/mol. The second-order valence-corrected chi connectivity index (χ2v) is 3.87. The van der Waals surface area contributed by atoms with E-state index in [2.05, 4.69) is 4.98 Å². The van der Waals surface area contributed by atoms with E-state index in [-0.39, 0.29) is 18.9 Å². The van der Waals surface area contributed by atoms with Gasteiger partial charge in [0.1, 0.15) is 5.82 Å². The van der Waals surface area contributed by atoms with Crippen LogP contribution in [0.2, 0.25) is 0 Å². The van der Waals surface area contributed by atoms with Gasteiger partial charge < -0.3 is 5.73 Å². The van der Waals surface area contributed by atoms with Crippen molar-refractivity contribution in [1.29, 1.82) is 0 Å². The van der Waals surface area contributed by atoms with Gasteiger partial charge in [0.25, 0.3) is 5.56 Å². The lowest BCUT2D eigenvalue weighted by Gasteiger charge is -2.06. The van der Waals surface area contributed by atoms with E-state index in [4.69, 9.17) is 5.73 Å². The molecule has 5 nitrogen and oxygen atoms in total. The van der Waals surface area contributed by atoms with Crippen molar-refractivity contribution in [1.82, 2.24) is 9.55 Å². The van der Waals surface area contributed by atoms with E-state index in [1.165, 1.54) is 22.9 Å². The quantitative estimate of drug-likeness (QED) is 0.814. The zero-order chi connectivity index (χ0) is 13.1. The maximum absolute atomic E-state index is 12.7. The molecule has 0 bridgehead atoms. The van der Waals surface area contributed by atoms with Crippen LogP contribution in [-0.2, 0) is 13.1 Å². The van der Waals surface area contributed by atoms with Crippen LogP contribution in [-0.4, -0.2) is 9.55 Å². The third kappa shape index (κ3) is 2.54. The minimum atomic E-state index is -0.512. The molecule has 0 spiro atoms. The van der Waals surface area contributed by atoms with Crippen LogP contribution in [0.1, 0.15) is 11.1 Å². The first-order valence-corrected chi connectivity index (χ1v) is 5.37. The monoisotopic (exact) mass is 249 g/mol. The molecule has 0 amide bonds. The van der Waals surface area contributed by atoms with Gasteiger partial charge in [-0.25, -0.2) is 9.18 Å². The average Bonchev–Trinajstić information content (AvgIpc) is 2.35. The van der Waals surface area contributed by atoms with Crippen LogP contribution in [0.4, 0.5) is 4.39 Å². The van der Waals surface area contributed by atoms with Crippen LogP contribution in [0, 0.1) is 5.82 Å². The number of rotatable bonds is 3. The van der Waals surface area contributed by atoms with E-state index in [1.54, 1.807) is 12.1 Å². The van der Waals surface area contributed by atoms with Crippen molar-refractivity contribution in [2.75, 3.05) is 0 Å². The molecule has 1 heterocycles. The van der Waals surface area contributed by atoms with Crippen molar-refractivity contribution in [2.45, 2.75) is 13.1 Å². The Hall–Kier alpha value is -2.21. The third-order valence-electron chi connectivity index (χ3n) is 2.57. The minimum absolute atomic E-state index is 0.0546. The van der Waals surface area contributed by atoms with E-state index < -0.39 is 11.2 Å². The van der Waals surface area contributed by atoms with Crippen LogP contribution in [0.5, 0.6) is 0 Å². The molecule has 0 unspecified atom stereocenters. The fraction of sp³-hybridized carbons (Fsp3) is 0.167. The second kappa shape index (κ2) is 4.97. The lowest BCUT2D eigenvalue weighted by atomic mass is 10.2. The molecule has 0 aliphatic carbocycles. The molecule has 3 N–H and O–H groups in total. The standard InChI is InChI=1S/C12H12FN3O2/c13-10-3-1-8(2-4-10)6-16-7-9(5-14)11(17)15-12(16)18/h1-4,7H,5-6,14H2,(H,15,17,18). The van der Waals surface area contributed by atoms with Crippen molar-refractivity contribution in [2.24, 2.45) is 5.73 Å². The molecule has 0 atom stereocenters. The maximum atomic E-state index is 12.7. The second-order valence-electron chi connectivity index (χ2n) is 3.87. The van der Waals surface area contributed by atoms with Crippen LogP contribution in [0.3, 0.4) is 0 Å². The Morgan fingerprint density at radius 1 is 1.22 bits per heavy atom. The Balaban J connectivity index is 2.37. The predicted molar refractivity (Wildman–Crippen MR) is 64.7 cm³/mol. The van der Waals surface area contributed by atoms with E-state index in [0.29, 0.717) is 5.56 Å². The number of H-pyrrole nitrogens is 1. The number of hydrogen-bond acceptors (Lipinski definition) is 3. The van der Waals surface area contributed by atoms with Crippen molar-refractivity contribution in [3.8, 4) is 0 Å². The van der Waals surface area contributed by atoms with Crippen molar-refractivity contribution < 1.29 is 4.39 Å². The van der Waals surface area contributed by atoms with Gasteiger partial charge in [-0.1, -0.05) is 12.1 Å². The summed E-state index contributed by atoms with van der Waals surface area (Å²) in [7, 11) is 0. The predicted octanol–water partition coefficient (Wildman–Crippen LogP) is 0.183. The first kappa shape index (κ1) is 12.3. The van der Waals surface area contributed by atoms with Crippen LogP contribution in [0.15, 0.2) is 40.1 Å². The summed E-state index contributed by atoms with van der Waals surface area (Å²) in [6.07, 6.45) is 1.42. The fourth-order valence-electron chi connectivity index (χ4n) is 1.60. The molecule has 2 aromatic rings. The highest BCUT2D eigenvalue weighted by Crippen LogP contribution is 2.03. The summed E-state index contributed by atoms with van der Waals surface area (Å²) in [5.74, 6) is -0.338. The summed E-state index contributed by atoms with van der Waals surface area (Å²) in [5.41, 5.74) is 5.50. The van der Waals surface area contributed by atoms with Gasteiger partial charge in [0.15, 0.2) is 0 Å². The van der Waals surface area contributed by atoms with E-state index in [0.717, 1.165) is 5.56 Å². The van der Waals surface area contributed by atoms with Gasteiger partial charge in [-0.2, -0.15) is 0 Å². The fourth-order valence-corrected chi connectivity index (χ4v) is 1.60. The van der Waals surface area contributed by atoms with Crippen molar-refractivity contribution >= 4 is 0 Å². The molecule has 6 heteroatoms. The number of aromatic amines is 1. The molecule has 0 saturated carbocycles. The number of nitrogens with one attached hydrogen (secondary N) is 1. The highest BCUT2D eigenvalue weighted by Gasteiger charge is 2.04. The molecular weight excluding hydrogens is 237 g/mol. The molecule has 0 radical (unpaired) electrons. The van der Waals surface area contributed by atoms with Crippen molar-refractivity contribution in [3.05, 3.63) is 68.2 Å². The number of hydrogen-bond donors (Lipinski definition) is 2. The Bertz CT molecular complexity index is 658. The Morgan fingerprint density at radius 3 is 2.50 bits per heavy atom. The smallest absolute Gasteiger partial charge is 0.326 e. The molecule has 0 aliphatic heterocycles. The van der Waals surface area contributed by atoms with Gasteiger partial charge in [0, 0.05) is 18.3 Å². The molecule has 0 saturated heterocycles. The number of halogens is 1. The molecular formula is C12H12FN3O2. The van der Waals surface area contributed by atoms with Gasteiger partial charge in [-0.15, -0.1) is 0 Å². The minimum Gasteiger partial charge on any atom is -0.326 e. The first-order chi connectivity index (χ1) is 8.60. The normalized spacial score (nSPS) is 10.6. The molecule has 0 aliphatic rings. The summed E-state index contributed by atoms with van der Waals surface area (Å²) < 4.78 is 14.1. The van der Waals surface area contributed by atoms with Gasteiger partial charge >= 0.3 is 5.69 Å². The van der Waals surface area contributed by atoms with Gasteiger partial charge in [-0.05, 0) is 17.7 Å². The molecule has 0 fully saturated rings. The topological polar surface area (TPSA) is 80.9 Å². The van der Waals surface area contributed by atoms with E-state index in [1.807, 2.05) is 0 Å². The van der Waals surface area contributed by atoms with Crippen LogP contribution >= 0.6 is 0 Å². The summed E-state index contributed by atoms with van der Waals surface area (Å²) in [6.45, 7) is 0.307. The highest BCUT2D eigenvalue weighted by atomic mass is 19.1. The van der Waals surface area contributed by atoms with Gasteiger partial charge in [0.2, 0.25) is 0 Å². The lowest BCUT2D eigenvalue weighted by Crippen LogP contribution is -2.32. The largest absolute Gasteiger partial charge is 0.328 e.